The molecule has 122 valence electrons. The fourth-order valence-electron chi connectivity index (χ4n) is 1.81. The molecule has 23 heavy (non-hydrogen) atoms. The molecule has 0 aliphatic heterocycles. The summed E-state index contributed by atoms with van der Waals surface area (Å²) in [7, 11) is 0. The number of halogens is 3. The smallest absolute Gasteiger partial charge is 0.321 e. The van der Waals surface area contributed by atoms with Crippen molar-refractivity contribution in [2.24, 2.45) is 5.73 Å². The van der Waals surface area contributed by atoms with Crippen molar-refractivity contribution in [1.29, 1.82) is 0 Å². The molecular formula is C15H12I3NO4. The molecule has 0 spiro atoms. The van der Waals surface area contributed by atoms with E-state index in [2.05, 4.69) is 45.2 Å². The van der Waals surface area contributed by atoms with Crippen LogP contribution in [0.15, 0.2) is 36.4 Å². The monoisotopic (exact) mass is 651 g/mol. The zero-order chi connectivity index (χ0) is 17.1. The molecule has 2 rings (SSSR count). The molecule has 0 heterocycles. The van der Waals surface area contributed by atoms with Gasteiger partial charge in [0, 0.05) is 3.57 Å². The molecule has 0 fully saturated rings. The lowest BCUT2D eigenvalue weighted by molar-refractivity contribution is -0.138. The fourth-order valence-corrected chi connectivity index (χ4v) is 4.69. The van der Waals surface area contributed by atoms with E-state index in [-0.39, 0.29) is 9.67 Å². The minimum atomic E-state index is -1.03. The zero-order valence-corrected chi connectivity index (χ0v) is 18.0. The number of ether oxygens (including phenoxy) is 1. The Morgan fingerprint density at radius 2 is 1.83 bits per heavy atom. The highest BCUT2D eigenvalue weighted by Gasteiger charge is 2.25. The van der Waals surface area contributed by atoms with Gasteiger partial charge in [0.05, 0.1) is 7.49 Å². The number of carbonyl (C=O) groups is 1. The van der Waals surface area contributed by atoms with E-state index in [1.165, 1.54) is 0 Å². The van der Waals surface area contributed by atoms with Crippen molar-refractivity contribution in [3.05, 3.63) is 49.1 Å². The number of carboxylic acids is 1. The first-order valence-corrected chi connectivity index (χ1v) is 9.78. The van der Waals surface area contributed by atoms with Gasteiger partial charge < -0.3 is 20.7 Å². The van der Waals surface area contributed by atoms with E-state index >= 15 is 0 Å². The van der Waals surface area contributed by atoms with Crippen LogP contribution in [0.2, 0.25) is 0 Å². The molecule has 0 saturated heterocycles. The van der Waals surface area contributed by atoms with Gasteiger partial charge >= 0.3 is 5.97 Å². The number of benzene rings is 2. The van der Waals surface area contributed by atoms with Gasteiger partial charge in [-0.25, -0.2) is 0 Å². The lowest BCUT2D eigenvalue weighted by Crippen LogP contribution is -2.34. The standard InChI is InChI=1S/C15H12I3NO4/c16-10-6-8(23-12-4-1-7(20)5-11(12)17)2-3-9(10)13(18)14(19)15(21)22/h1-6,13-14,20H,19H2,(H,21,22)/t13-,14-/m0/s1. The number of aromatic hydroxyl groups is 1. The van der Waals surface area contributed by atoms with Crippen LogP contribution in [0.25, 0.3) is 0 Å². The van der Waals surface area contributed by atoms with Gasteiger partial charge in [-0.3, -0.25) is 4.79 Å². The van der Waals surface area contributed by atoms with E-state index in [4.69, 9.17) is 15.6 Å². The highest BCUT2D eigenvalue weighted by atomic mass is 127. The van der Waals surface area contributed by atoms with Gasteiger partial charge in [-0.15, -0.1) is 0 Å². The topological polar surface area (TPSA) is 92.8 Å². The summed E-state index contributed by atoms with van der Waals surface area (Å²) in [5.74, 6) is 0.427. The summed E-state index contributed by atoms with van der Waals surface area (Å²) in [6, 6.07) is 9.34. The molecule has 0 unspecified atom stereocenters. The maximum absolute atomic E-state index is 11.0. The molecule has 0 radical (unpaired) electrons. The van der Waals surface area contributed by atoms with Crippen molar-refractivity contribution in [1.82, 2.24) is 0 Å². The summed E-state index contributed by atoms with van der Waals surface area (Å²) in [5.41, 5.74) is 6.55. The molecule has 0 aromatic heterocycles. The second-order valence-corrected chi connectivity index (χ2v) is 8.33. The van der Waals surface area contributed by atoms with Gasteiger partial charge in [0.2, 0.25) is 0 Å². The number of rotatable bonds is 5. The minimum Gasteiger partial charge on any atom is -0.508 e. The Hall–Kier alpha value is -0.340. The van der Waals surface area contributed by atoms with Crippen LogP contribution in [-0.4, -0.2) is 22.2 Å². The van der Waals surface area contributed by atoms with Crippen LogP contribution < -0.4 is 10.5 Å². The second-order valence-electron chi connectivity index (χ2n) is 4.67. The van der Waals surface area contributed by atoms with E-state index in [1.54, 1.807) is 24.3 Å². The van der Waals surface area contributed by atoms with Crippen molar-refractivity contribution >= 4 is 73.7 Å². The number of hydrogen-bond donors (Lipinski definition) is 3. The average Bonchev–Trinajstić information content (AvgIpc) is 2.48. The first-order chi connectivity index (χ1) is 10.8. The highest BCUT2D eigenvalue weighted by molar-refractivity contribution is 14.1. The fraction of sp³-hybridized carbons (Fsp3) is 0.133. The number of phenolic OH excluding ortho intramolecular Hbond substituents is 1. The number of nitrogens with two attached hydrogens (primary N) is 1. The Morgan fingerprint density at radius 1 is 1.13 bits per heavy atom. The SMILES string of the molecule is N[C@H](C(=O)O)[C@@H](I)c1ccc(Oc2ccc(O)cc2I)cc1I. The van der Waals surface area contributed by atoms with Crippen LogP contribution in [0.3, 0.4) is 0 Å². The van der Waals surface area contributed by atoms with Crippen molar-refractivity contribution in [2.45, 2.75) is 9.97 Å². The van der Waals surface area contributed by atoms with Gasteiger partial charge in [0.25, 0.3) is 0 Å². The summed E-state index contributed by atoms with van der Waals surface area (Å²) in [4.78, 5) is 11.0. The van der Waals surface area contributed by atoms with Crippen LogP contribution >= 0.6 is 67.8 Å². The van der Waals surface area contributed by atoms with Crippen LogP contribution in [0, 0.1) is 7.14 Å². The molecule has 8 heteroatoms. The lowest BCUT2D eigenvalue weighted by atomic mass is 10.1. The number of carboxylic acid groups (broad SMARTS) is 1. The molecule has 0 aliphatic carbocycles. The van der Waals surface area contributed by atoms with Crippen molar-refractivity contribution < 1.29 is 19.7 Å². The molecule has 2 aromatic carbocycles. The average molecular weight is 651 g/mol. The van der Waals surface area contributed by atoms with Gasteiger partial charge in [0.15, 0.2) is 0 Å². The normalized spacial score (nSPS) is 13.4. The molecule has 2 aromatic rings. The Bertz CT molecular complexity index is 739. The van der Waals surface area contributed by atoms with Crippen LogP contribution in [0.5, 0.6) is 17.2 Å². The van der Waals surface area contributed by atoms with Crippen molar-refractivity contribution in [3.8, 4) is 17.2 Å². The van der Waals surface area contributed by atoms with Gasteiger partial charge in [-0.05, 0) is 81.1 Å². The van der Waals surface area contributed by atoms with Crippen LogP contribution in [-0.2, 0) is 4.79 Å². The quantitative estimate of drug-likeness (QED) is 0.332. The molecule has 0 aliphatic rings. The Balaban J connectivity index is 2.24. The molecule has 4 N–H and O–H groups in total. The molecular weight excluding hydrogens is 639 g/mol. The first-order valence-electron chi connectivity index (χ1n) is 6.38. The van der Waals surface area contributed by atoms with E-state index in [9.17, 15) is 9.90 Å². The highest BCUT2D eigenvalue weighted by Crippen LogP contribution is 2.35. The van der Waals surface area contributed by atoms with E-state index < -0.39 is 12.0 Å². The predicted octanol–water partition coefficient (Wildman–Crippen LogP) is 4.28. The maximum Gasteiger partial charge on any atom is 0.321 e. The summed E-state index contributed by atoms with van der Waals surface area (Å²) in [5, 5.41) is 18.4. The number of aliphatic carboxylic acids is 1. The van der Waals surface area contributed by atoms with Crippen molar-refractivity contribution in [2.75, 3.05) is 0 Å². The Morgan fingerprint density at radius 3 is 2.39 bits per heavy atom. The molecule has 2 atom stereocenters. The Kier molecular flexibility index (Phi) is 6.74. The van der Waals surface area contributed by atoms with Crippen molar-refractivity contribution in [3.63, 3.8) is 0 Å². The third-order valence-corrected chi connectivity index (χ3v) is 6.24. The van der Waals surface area contributed by atoms with Gasteiger partial charge in [-0.2, -0.15) is 0 Å². The predicted molar refractivity (Wildman–Crippen MR) is 112 cm³/mol. The van der Waals surface area contributed by atoms with Gasteiger partial charge in [0.1, 0.15) is 23.3 Å². The lowest BCUT2D eigenvalue weighted by Gasteiger charge is -2.17. The zero-order valence-electron chi connectivity index (χ0n) is 11.5. The van der Waals surface area contributed by atoms with Crippen LogP contribution in [0.1, 0.15) is 9.49 Å². The van der Waals surface area contributed by atoms with E-state index in [0.717, 1.165) is 12.7 Å². The number of phenols is 1. The number of hydrogen-bond acceptors (Lipinski definition) is 4. The molecule has 0 bridgehead atoms. The minimum absolute atomic E-state index is 0.182. The van der Waals surface area contributed by atoms with Crippen LogP contribution in [0.4, 0.5) is 0 Å². The second kappa shape index (κ2) is 8.16. The third kappa shape index (κ3) is 4.82. The first kappa shape index (κ1) is 19.0. The molecule has 0 amide bonds. The summed E-state index contributed by atoms with van der Waals surface area (Å²) < 4.78 is 7.15. The summed E-state index contributed by atoms with van der Waals surface area (Å²) >= 11 is 6.26. The third-order valence-electron chi connectivity index (χ3n) is 3.01. The summed E-state index contributed by atoms with van der Waals surface area (Å²) in [6.07, 6.45) is 0. The Labute approximate surface area is 174 Å². The number of alkyl halides is 1. The largest absolute Gasteiger partial charge is 0.508 e. The maximum atomic E-state index is 11.0. The molecule has 0 saturated carbocycles. The van der Waals surface area contributed by atoms with E-state index in [1.807, 2.05) is 34.7 Å². The molecule has 5 nitrogen and oxygen atoms in total. The summed E-state index contributed by atoms with van der Waals surface area (Å²) in [6.45, 7) is 0. The van der Waals surface area contributed by atoms with E-state index in [0.29, 0.717) is 11.5 Å². The van der Waals surface area contributed by atoms with Gasteiger partial charge in [-0.1, -0.05) is 28.7 Å².